The summed E-state index contributed by atoms with van der Waals surface area (Å²) in [6.07, 6.45) is 0. The number of Topliss-reactive ketones (excluding diaryl/α,β-unsaturated/α-hetero) is 1. The van der Waals surface area contributed by atoms with E-state index in [1.807, 2.05) is 0 Å². The van der Waals surface area contributed by atoms with Gasteiger partial charge in [0.2, 0.25) is 0 Å². The van der Waals surface area contributed by atoms with Gasteiger partial charge in [0.25, 0.3) is 9.58 Å². The lowest BCUT2D eigenvalue weighted by Crippen LogP contribution is -2.32. The molecule has 0 saturated heterocycles. The lowest BCUT2D eigenvalue weighted by Gasteiger charge is -2.13. The fourth-order valence-electron chi connectivity index (χ4n) is 0.161. The molecule has 60 valence electrons. The number of hydrogen-bond donors (Lipinski definition) is 0. The van der Waals surface area contributed by atoms with Gasteiger partial charge >= 0.3 is 4.59 Å². The fourth-order valence-corrected chi connectivity index (χ4v) is 1.12. The Morgan fingerprint density at radius 2 is 1.40 bits per heavy atom. The molecule has 0 saturated carbocycles. The average molecular weight is 248 g/mol. The monoisotopic (exact) mass is 246 g/mol. The van der Waals surface area contributed by atoms with Crippen molar-refractivity contribution in [3.8, 4) is 0 Å². The third-order valence-corrected chi connectivity index (χ3v) is 1.37. The molecule has 7 heteroatoms. The van der Waals surface area contributed by atoms with E-state index in [4.69, 9.17) is 34.8 Å². The summed E-state index contributed by atoms with van der Waals surface area (Å²) in [5.74, 6) is -1.52. The van der Waals surface area contributed by atoms with E-state index in [1.165, 1.54) is 0 Å². The molecule has 0 aromatic carbocycles. The molecule has 0 spiro atoms. The minimum Gasteiger partial charge on any atom is -0.288 e. The van der Waals surface area contributed by atoms with Crippen LogP contribution in [0.25, 0.3) is 0 Å². The summed E-state index contributed by atoms with van der Waals surface area (Å²) in [5, 5.41) is 0. The van der Waals surface area contributed by atoms with Crippen LogP contribution in [0.15, 0.2) is 0 Å². The van der Waals surface area contributed by atoms with Crippen LogP contribution in [-0.2, 0) is 4.79 Å². The van der Waals surface area contributed by atoms with Gasteiger partial charge in [-0.1, -0.05) is 58.0 Å². The van der Waals surface area contributed by atoms with Crippen LogP contribution in [-0.4, -0.2) is 14.2 Å². The Morgan fingerprint density at radius 3 is 1.40 bits per heavy atom. The molecule has 0 aliphatic rings. The third kappa shape index (κ3) is 3.44. The average Bonchev–Trinajstić information content (AvgIpc) is 1.59. The van der Waals surface area contributed by atoms with Crippen molar-refractivity contribution < 1.29 is 9.18 Å². The largest absolute Gasteiger partial charge is 0.320 e. The van der Waals surface area contributed by atoms with Crippen LogP contribution in [0.1, 0.15) is 0 Å². The van der Waals surface area contributed by atoms with Crippen LogP contribution in [0.4, 0.5) is 4.39 Å². The summed E-state index contributed by atoms with van der Waals surface area (Å²) in [4.78, 5) is 10.5. The molecule has 0 amide bonds. The molecule has 0 aromatic rings. The highest BCUT2D eigenvalue weighted by molar-refractivity contribution is 6.80. The van der Waals surface area contributed by atoms with Crippen molar-refractivity contribution in [2.24, 2.45) is 0 Å². The number of alkyl halides is 6. The Morgan fingerprint density at radius 1 is 1.10 bits per heavy atom. The highest BCUT2D eigenvalue weighted by atomic mass is 35.6. The van der Waals surface area contributed by atoms with E-state index < -0.39 is 14.2 Å². The topological polar surface area (TPSA) is 17.1 Å². The van der Waals surface area contributed by atoms with Gasteiger partial charge in [-0.2, -0.15) is 4.39 Å². The normalized spacial score (nSPS) is 13.4. The Bertz CT molecular complexity index is 128. The minimum atomic E-state index is -3.15. The van der Waals surface area contributed by atoms with Gasteiger partial charge in [0.05, 0.1) is 0 Å². The molecule has 0 unspecified atom stereocenters. The maximum absolute atomic E-state index is 12.2. The van der Waals surface area contributed by atoms with Crippen molar-refractivity contribution >= 4 is 63.8 Å². The molecule has 10 heavy (non-hydrogen) atoms. The third-order valence-electron chi connectivity index (χ3n) is 0.515. The molecule has 0 radical (unpaired) electrons. The first kappa shape index (κ1) is 11.1. The SMILES string of the molecule is O=C(C(F)(Cl)Cl)C(Cl)(Cl)Cl. The first-order chi connectivity index (χ1) is 4.15. The maximum Gasteiger partial charge on any atom is 0.320 e. The first-order valence-electron chi connectivity index (χ1n) is 1.84. The van der Waals surface area contributed by atoms with E-state index in [2.05, 4.69) is 23.2 Å². The highest BCUT2D eigenvalue weighted by Crippen LogP contribution is 2.37. The van der Waals surface area contributed by atoms with Crippen molar-refractivity contribution in [3.05, 3.63) is 0 Å². The van der Waals surface area contributed by atoms with Gasteiger partial charge in [-0.05, 0) is 0 Å². The summed E-state index contributed by atoms with van der Waals surface area (Å²) in [5.41, 5.74) is 0. The maximum atomic E-state index is 12.2. The van der Waals surface area contributed by atoms with Gasteiger partial charge in [0.1, 0.15) is 0 Å². The highest BCUT2D eigenvalue weighted by Gasteiger charge is 2.46. The second kappa shape index (κ2) is 3.20. The number of hydrogen-bond acceptors (Lipinski definition) is 1. The molecule has 1 nitrogen and oxygen atoms in total. The second-order valence-electron chi connectivity index (χ2n) is 1.32. The molecule has 0 heterocycles. The molecule has 0 fully saturated rings. The summed E-state index contributed by atoms with van der Waals surface area (Å²) >= 11 is 24.2. The number of rotatable bonds is 1. The van der Waals surface area contributed by atoms with Crippen molar-refractivity contribution in [1.82, 2.24) is 0 Å². The zero-order valence-corrected chi connectivity index (χ0v) is 7.96. The first-order valence-corrected chi connectivity index (χ1v) is 3.73. The van der Waals surface area contributed by atoms with Gasteiger partial charge in [-0.25, -0.2) is 0 Å². The Kier molecular flexibility index (Phi) is 3.53. The number of ketones is 1. The van der Waals surface area contributed by atoms with Crippen molar-refractivity contribution in [1.29, 1.82) is 0 Å². The van der Waals surface area contributed by atoms with Crippen molar-refractivity contribution in [2.45, 2.75) is 8.38 Å². The van der Waals surface area contributed by atoms with Crippen LogP contribution in [0.5, 0.6) is 0 Å². The van der Waals surface area contributed by atoms with Crippen LogP contribution in [0.2, 0.25) is 0 Å². The van der Waals surface area contributed by atoms with Crippen molar-refractivity contribution in [2.75, 3.05) is 0 Å². The van der Waals surface area contributed by atoms with E-state index in [0.717, 1.165) is 0 Å². The summed E-state index contributed by atoms with van der Waals surface area (Å²) in [6, 6.07) is 0. The van der Waals surface area contributed by atoms with Gasteiger partial charge < -0.3 is 0 Å². The summed E-state index contributed by atoms with van der Waals surface area (Å²) in [7, 11) is 0. The van der Waals surface area contributed by atoms with E-state index in [1.54, 1.807) is 0 Å². The molecule has 0 aromatic heterocycles. The summed E-state index contributed by atoms with van der Waals surface area (Å²) in [6.45, 7) is 0. The molecular formula is C3Cl5FO. The standard InChI is InChI=1S/C3Cl5FO/c4-2(5,6)1(10)3(7,8)9. The van der Waals surface area contributed by atoms with Crippen LogP contribution in [0, 0.1) is 0 Å². The van der Waals surface area contributed by atoms with Crippen molar-refractivity contribution in [3.63, 3.8) is 0 Å². The van der Waals surface area contributed by atoms with E-state index in [9.17, 15) is 9.18 Å². The zero-order valence-electron chi connectivity index (χ0n) is 4.18. The molecule has 0 rings (SSSR count). The number of halogens is 6. The smallest absolute Gasteiger partial charge is 0.288 e. The molecule has 0 bridgehead atoms. The number of carbonyl (C=O) groups is 1. The fraction of sp³-hybridized carbons (Fsp3) is 0.667. The zero-order chi connectivity index (χ0) is 8.58. The Balaban J connectivity index is 4.40. The molecule has 0 N–H and O–H groups in total. The molecule has 0 aliphatic heterocycles. The Labute approximate surface area is 81.3 Å². The predicted molar refractivity (Wildman–Crippen MR) is 40.8 cm³/mol. The van der Waals surface area contributed by atoms with Gasteiger partial charge in [-0.15, -0.1) is 0 Å². The van der Waals surface area contributed by atoms with E-state index in [0.29, 0.717) is 0 Å². The van der Waals surface area contributed by atoms with Gasteiger partial charge in [0.15, 0.2) is 0 Å². The quantitative estimate of drug-likeness (QED) is 0.652. The lowest BCUT2D eigenvalue weighted by molar-refractivity contribution is -0.121. The predicted octanol–water partition coefficient (Wildman–Crippen LogP) is 3.03. The minimum absolute atomic E-state index is 1.52. The Hall–Kier alpha value is 1.05. The van der Waals surface area contributed by atoms with Crippen LogP contribution >= 0.6 is 58.0 Å². The molecule has 0 atom stereocenters. The van der Waals surface area contributed by atoms with Gasteiger partial charge in [-0.3, -0.25) is 4.79 Å². The van der Waals surface area contributed by atoms with E-state index in [-0.39, 0.29) is 0 Å². The van der Waals surface area contributed by atoms with Crippen LogP contribution < -0.4 is 0 Å². The van der Waals surface area contributed by atoms with Gasteiger partial charge in [0, 0.05) is 0 Å². The van der Waals surface area contributed by atoms with E-state index >= 15 is 0 Å². The summed E-state index contributed by atoms with van der Waals surface area (Å²) < 4.78 is 6.64. The second-order valence-corrected chi connectivity index (χ2v) is 4.84. The molecule has 0 aliphatic carbocycles. The molecular weight excluding hydrogens is 248 g/mol. The lowest BCUT2D eigenvalue weighted by atomic mass is 10.5. The van der Waals surface area contributed by atoms with Crippen LogP contribution in [0.3, 0.4) is 0 Å². The number of carbonyl (C=O) groups excluding carboxylic acids is 1.